The van der Waals surface area contributed by atoms with Crippen LogP contribution in [0.5, 0.6) is 0 Å². The van der Waals surface area contributed by atoms with E-state index in [9.17, 15) is 9.18 Å². The predicted octanol–water partition coefficient (Wildman–Crippen LogP) is 5.31. The van der Waals surface area contributed by atoms with Crippen LogP contribution in [0.1, 0.15) is 44.1 Å². The number of benzene rings is 1. The zero-order chi connectivity index (χ0) is 20.6. The van der Waals surface area contributed by atoms with Crippen molar-refractivity contribution in [3.05, 3.63) is 40.2 Å². The standard InChI is InChI=1S/C22H20ClFN4OS/c23-16-2-1-3-17(24)14(16)7-15-18(25)28-21(26-19(15)29)30-20(27-28)22-8-11-4-12(9-22)6-13(5-11)10-22/h1-3,7,11-13,25H,4-6,8-10H2/b15-7-,25-18?. The minimum Gasteiger partial charge on any atom is -0.282 e. The van der Waals surface area contributed by atoms with Gasteiger partial charge in [-0.1, -0.05) is 17.7 Å². The molecule has 1 amide bonds. The van der Waals surface area contributed by atoms with E-state index in [-0.39, 0.29) is 27.4 Å². The van der Waals surface area contributed by atoms with Crippen LogP contribution in [0.2, 0.25) is 5.02 Å². The maximum atomic E-state index is 14.2. The second-order valence-corrected chi connectivity index (χ2v) is 10.6. The Hall–Kier alpha value is -1.99. The normalized spacial score (nSPS) is 35.7. The van der Waals surface area contributed by atoms with Crippen molar-refractivity contribution in [1.29, 1.82) is 5.41 Å². The SMILES string of the molecule is N=C1/C(=C/c2c(F)cccc2Cl)C(=O)N=C2SC(C34CC5CC(CC(C5)C3)C4)=NN12. The average molecular weight is 443 g/mol. The Kier molecular flexibility index (Phi) is 4.06. The van der Waals surface area contributed by atoms with Crippen molar-refractivity contribution in [2.24, 2.45) is 33.3 Å². The van der Waals surface area contributed by atoms with Gasteiger partial charge in [-0.2, -0.15) is 15.1 Å². The summed E-state index contributed by atoms with van der Waals surface area (Å²) >= 11 is 7.55. The number of aliphatic imine (C=N–C) groups is 1. The number of carbonyl (C=O) groups excluding carboxylic acids is 1. The molecule has 6 aliphatic rings. The number of halogens is 2. The minimum atomic E-state index is -0.556. The van der Waals surface area contributed by atoms with E-state index in [2.05, 4.69) is 4.99 Å². The summed E-state index contributed by atoms with van der Waals surface area (Å²) in [6, 6.07) is 4.33. The second-order valence-electron chi connectivity index (χ2n) is 9.26. The Morgan fingerprint density at radius 2 is 1.87 bits per heavy atom. The molecule has 0 spiro atoms. The number of hydrazone groups is 1. The molecule has 1 aromatic carbocycles. The molecule has 154 valence electrons. The van der Waals surface area contributed by atoms with Gasteiger partial charge in [0.2, 0.25) is 5.17 Å². The van der Waals surface area contributed by atoms with Gasteiger partial charge < -0.3 is 0 Å². The van der Waals surface area contributed by atoms with Gasteiger partial charge in [0.1, 0.15) is 10.9 Å². The van der Waals surface area contributed by atoms with Gasteiger partial charge in [0.25, 0.3) is 5.91 Å². The molecule has 4 fully saturated rings. The lowest BCUT2D eigenvalue weighted by Crippen LogP contribution is -2.49. The summed E-state index contributed by atoms with van der Waals surface area (Å²) in [6.45, 7) is 0. The summed E-state index contributed by atoms with van der Waals surface area (Å²) in [6.07, 6.45) is 8.79. The first-order chi connectivity index (χ1) is 14.4. The number of nitrogens with zero attached hydrogens (tertiary/aromatic N) is 3. The van der Waals surface area contributed by atoms with E-state index < -0.39 is 11.7 Å². The van der Waals surface area contributed by atoms with Gasteiger partial charge in [-0.3, -0.25) is 10.2 Å². The van der Waals surface area contributed by atoms with E-state index in [4.69, 9.17) is 22.1 Å². The molecule has 5 nitrogen and oxygen atoms in total. The first-order valence-electron chi connectivity index (χ1n) is 10.4. The van der Waals surface area contributed by atoms with Crippen LogP contribution < -0.4 is 0 Å². The molecule has 0 aromatic heterocycles. The van der Waals surface area contributed by atoms with Crippen molar-refractivity contribution in [2.75, 3.05) is 0 Å². The molecular formula is C22H20ClFN4OS. The van der Waals surface area contributed by atoms with Crippen LogP contribution >= 0.6 is 23.4 Å². The summed E-state index contributed by atoms with van der Waals surface area (Å²) in [4.78, 5) is 16.9. The predicted molar refractivity (Wildman–Crippen MR) is 117 cm³/mol. The lowest BCUT2D eigenvalue weighted by molar-refractivity contribution is -0.114. The van der Waals surface area contributed by atoms with Crippen LogP contribution in [-0.4, -0.2) is 27.0 Å². The first kappa shape index (κ1) is 18.8. The third-order valence-electron chi connectivity index (χ3n) is 7.23. The lowest BCUT2D eigenvalue weighted by Gasteiger charge is -2.56. The maximum Gasteiger partial charge on any atom is 0.283 e. The van der Waals surface area contributed by atoms with Crippen LogP contribution in [-0.2, 0) is 4.79 Å². The van der Waals surface area contributed by atoms with Gasteiger partial charge in [0.15, 0.2) is 5.84 Å². The Morgan fingerprint density at radius 1 is 1.20 bits per heavy atom. The van der Waals surface area contributed by atoms with Crippen LogP contribution in [0, 0.1) is 34.4 Å². The van der Waals surface area contributed by atoms with Crippen LogP contribution in [0.25, 0.3) is 6.08 Å². The smallest absolute Gasteiger partial charge is 0.282 e. The highest BCUT2D eigenvalue weighted by Gasteiger charge is 2.55. The minimum absolute atomic E-state index is 0.00172. The molecular weight excluding hydrogens is 423 g/mol. The first-order valence-corrected chi connectivity index (χ1v) is 11.6. The average Bonchev–Trinajstić information content (AvgIpc) is 3.11. The van der Waals surface area contributed by atoms with Crippen LogP contribution in [0.15, 0.2) is 33.9 Å². The number of fused-ring (bicyclic) bond motifs is 1. The second kappa shape index (κ2) is 6.50. The summed E-state index contributed by atoms with van der Waals surface area (Å²) in [5, 5.41) is 16.5. The number of amides is 1. The fraction of sp³-hybridized carbons (Fsp3) is 0.455. The molecule has 30 heavy (non-hydrogen) atoms. The number of carbonyl (C=O) groups is 1. The molecule has 4 aliphatic carbocycles. The Morgan fingerprint density at radius 3 is 2.50 bits per heavy atom. The molecule has 2 heterocycles. The number of rotatable bonds is 2. The van der Waals surface area contributed by atoms with E-state index in [0.29, 0.717) is 5.17 Å². The van der Waals surface area contributed by atoms with Gasteiger partial charge in [0, 0.05) is 11.0 Å². The number of hydrogen-bond acceptors (Lipinski definition) is 4. The van der Waals surface area contributed by atoms with Gasteiger partial charge in [-0.25, -0.2) is 4.39 Å². The molecule has 2 aliphatic heterocycles. The van der Waals surface area contributed by atoms with Gasteiger partial charge in [-0.15, -0.1) is 0 Å². The zero-order valence-electron chi connectivity index (χ0n) is 16.2. The van der Waals surface area contributed by atoms with Crippen LogP contribution in [0.3, 0.4) is 0 Å². The molecule has 1 aromatic rings. The highest BCUT2D eigenvalue weighted by molar-refractivity contribution is 8.27. The Labute approximate surface area is 183 Å². The van der Waals surface area contributed by atoms with E-state index in [1.807, 2.05) is 0 Å². The van der Waals surface area contributed by atoms with Crippen molar-refractivity contribution < 1.29 is 9.18 Å². The highest BCUT2D eigenvalue weighted by atomic mass is 35.5. The fourth-order valence-electron chi connectivity index (χ4n) is 6.37. The van der Waals surface area contributed by atoms with Crippen molar-refractivity contribution in [1.82, 2.24) is 5.01 Å². The van der Waals surface area contributed by atoms with Gasteiger partial charge >= 0.3 is 0 Å². The van der Waals surface area contributed by atoms with E-state index >= 15 is 0 Å². The third kappa shape index (κ3) is 2.74. The summed E-state index contributed by atoms with van der Waals surface area (Å²) in [5.41, 5.74) is 0.159. The number of nitrogens with one attached hydrogen (secondary N) is 1. The summed E-state index contributed by atoms with van der Waals surface area (Å²) in [7, 11) is 0. The van der Waals surface area contributed by atoms with E-state index in [1.165, 1.54) is 54.2 Å². The van der Waals surface area contributed by atoms with Crippen molar-refractivity contribution in [3.8, 4) is 0 Å². The Balaban J connectivity index is 1.36. The summed E-state index contributed by atoms with van der Waals surface area (Å²) in [5.74, 6) is 1.16. The zero-order valence-corrected chi connectivity index (χ0v) is 17.8. The van der Waals surface area contributed by atoms with Crippen LogP contribution in [0.4, 0.5) is 4.39 Å². The summed E-state index contributed by atoms with van der Waals surface area (Å²) < 4.78 is 14.2. The molecule has 4 saturated carbocycles. The maximum absolute atomic E-state index is 14.2. The molecule has 4 bridgehead atoms. The lowest BCUT2D eigenvalue weighted by atomic mass is 9.50. The molecule has 7 rings (SSSR count). The molecule has 0 atom stereocenters. The van der Waals surface area contributed by atoms with Gasteiger partial charge in [-0.05, 0) is 86.2 Å². The molecule has 8 heteroatoms. The molecule has 0 radical (unpaired) electrons. The molecule has 1 N–H and O–H groups in total. The number of amidine groups is 2. The van der Waals surface area contributed by atoms with Crippen molar-refractivity contribution >= 4 is 51.4 Å². The monoisotopic (exact) mass is 442 g/mol. The number of hydrogen-bond donors (Lipinski definition) is 1. The largest absolute Gasteiger partial charge is 0.283 e. The Bertz CT molecular complexity index is 1040. The third-order valence-corrected chi connectivity index (χ3v) is 8.72. The quantitative estimate of drug-likeness (QED) is 0.630. The fourth-order valence-corrected chi connectivity index (χ4v) is 7.70. The molecule has 0 unspecified atom stereocenters. The topological polar surface area (TPSA) is 68.9 Å². The van der Waals surface area contributed by atoms with Crippen molar-refractivity contribution in [3.63, 3.8) is 0 Å². The van der Waals surface area contributed by atoms with E-state index in [0.717, 1.165) is 42.1 Å². The highest BCUT2D eigenvalue weighted by Crippen LogP contribution is 2.62. The number of thioether (sulfide) groups is 1. The van der Waals surface area contributed by atoms with E-state index in [1.54, 1.807) is 6.07 Å². The molecule has 0 saturated heterocycles. The van der Waals surface area contributed by atoms with Crippen molar-refractivity contribution in [2.45, 2.75) is 38.5 Å². The van der Waals surface area contributed by atoms with Gasteiger partial charge in [0.05, 0.1) is 10.6 Å².